The molecule has 0 aromatic heterocycles. The summed E-state index contributed by atoms with van der Waals surface area (Å²) in [5, 5.41) is 11.1. The maximum absolute atomic E-state index is 4.43. The van der Waals surface area contributed by atoms with Crippen molar-refractivity contribution in [2.24, 2.45) is 38.4 Å². The van der Waals surface area contributed by atoms with Gasteiger partial charge in [-0.2, -0.15) is 0 Å². The summed E-state index contributed by atoms with van der Waals surface area (Å²) in [5.74, 6) is 0.790. The highest BCUT2D eigenvalue weighted by Gasteiger charge is 2.24. The Kier molecular flexibility index (Phi) is 22.9. The first kappa shape index (κ1) is 50.6. The Morgan fingerprint density at radius 2 is 0.712 bits per heavy atom. The van der Waals surface area contributed by atoms with Gasteiger partial charge in [0.25, 0.3) is 0 Å². The fourth-order valence-electron chi connectivity index (χ4n) is 6.59. The molecular weight excluding hydrogens is 631 g/mol. The zero-order valence-electron chi connectivity index (χ0n) is 38.5. The molecule has 0 heterocycles. The van der Waals surface area contributed by atoms with E-state index in [9.17, 15) is 0 Å². The van der Waals surface area contributed by atoms with Gasteiger partial charge in [-0.1, -0.05) is 156 Å². The third-order valence-corrected chi connectivity index (χ3v) is 11.2. The third-order valence-electron chi connectivity index (χ3n) is 11.2. The van der Waals surface area contributed by atoms with Gasteiger partial charge in [-0.15, -0.1) is 0 Å². The Labute approximate surface area is 329 Å². The van der Waals surface area contributed by atoms with E-state index in [0.29, 0.717) is 32.5 Å². The summed E-state index contributed by atoms with van der Waals surface area (Å²) in [6, 6.07) is 0. The number of allylic oxidation sites excluding steroid dienone is 3. The fraction of sp³-hybridized carbons (Fsp3) is 0.878. The molecule has 0 rings (SSSR count). The second-order valence-electron chi connectivity index (χ2n) is 23.1. The lowest BCUT2D eigenvalue weighted by Crippen LogP contribution is -2.29. The van der Waals surface area contributed by atoms with Crippen molar-refractivity contribution in [3.8, 4) is 0 Å². The van der Waals surface area contributed by atoms with Crippen LogP contribution in [0.1, 0.15) is 219 Å². The van der Waals surface area contributed by atoms with Crippen molar-refractivity contribution < 1.29 is 0 Å². The van der Waals surface area contributed by atoms with E-state index < -0.39 is 0 Å². The monoisotopic (exact) mass is 728 g/mol. The molecule has 0 aliphatic rings. The van der Waals surface area contributed by atoms with Crippen molar-refractivity contribution in [1.82, 2.24) is 16.0 Å². The van der Waals surface area contributed by atoms with E-state index in [4.69, 9.17) is 0 Å². The lowest BCUT2D eigenvalue weighted by molar-refractivity contribution is 0.240. The summed E-state index contributed by atoms with van der Waals surface area (Å²) in [7, 11) is 0. The minimum atomic E-state index is 0.293. The largest absolute Gasteiger partial charge is 0.389 e. The van der Waals surface area contributed by atoms with Crippen LogP contribution in [0.4, 0.5) is 0 Å². The highest BCUT2D eigenvalue weighted by molar-refractivity contribution is 4.95. The molecule has 0 fully saturated rings. The van der Waals surface area contributed by atoms with Crippen molar-refractivity contribution in [1.29, 1.82) is 0 Å². The molecule has 0 saturated carbocycles. The van der Waals surface area contributed by atoms with Gasteiger partial charge in [-0.25, -0.2) is 0 Å². The summed E-state index contributed by atoms with van der Waals surface area (Å²) in [6.07, 6.45) is 22.3. The SMILES string of the molecule is C=C(CCCCC(CCCCC(=C)NCC(C)(C)CCC(C)(C)C)CCCC(=C)NCC(C)(C)CCC(C)(C)C)NCCC(C)(C)CCC(C)(C)C. The first-order valence-corrected chi connectivity index (χ1v) is 21.8. The van der Waals surface area contributed by atoms with Gasteiger partial charge in [0.1, 0.15) is 0 Å². The van der Waals surface area contributed by atoms with Gasteiger partial charge in [0.05, 0.1) is 0 Å². The summed E-state index contributed by atoms with van der Waals surface area (Å²) >= 11 is 0. The second-order valence-corrected chi connectivity index (χ2v) is 23.1. The second kappa shape index (κ2) is 23.5. The van der Waals surface area contributed by atoms with Crippen LogP contribution in [0.25, 0.3) is 0 Å². The van der Waals surface area contributed by atoms with E-state index in [0.717, 1.165) is 44.8 Å². The molecule has 3 heteroatoms. The number of rotatable bonds is 30. The molecule has 308 valence electrons. The average Bonchev–Trinajstić information content (AvgIpc) is 2.99. The first-order chi connectivity index (χ1) is 23.6. The van der Waals surface area contributed by atoms with Gasteiger partial charge >= 0.3 is 0 Å². The molecule has 3 N–H and O–H groups in total. The standard InChI is InChI=1S/C49H97N3/c1-40(50-37-36-47(13,14)33-30-44(4,5)6)24-19-21-27-43(29-23-26-42(3)52-39-49(17,18)35-32-46(10,11)12)28-22-20-25-41(2)51-38-48(15,16)34-31-45(7,8)9/h43,50-52H,1-3,19-39H2,4-18H3. The van der Waals surface area contributed by atoms with E-state index in [1.807, 2.05) is 0 Å². The molecule has 0 radical (unpaired) electrons. The highest BCUT2D eigenvalue weighted by Crippen LogP contribution is 2.34. The van der Waals surface area contributed by atoms with E-state index in [2.05, 4.69) is 140 Å². The summed E-state index contributed by atoms with van der Waals surface area (Å²) < 4.78 is 0. The molecule has 0 aliphatic heterocycles. The lowest BCUT2D eigenvalue weighted by Gasteiger charge is -2.30. The number of unbranched alkanes of at least 4 members (excludes halogenated alkanes) is 2. The van der Waals surface area contributed by atoms with E-state index in [1.54, 1.807) is 0 Å². The zero-order valence-corrected chi connectivity index (χ0v) is 38.5. The van der Waals surface area contributed by atoms with Gasteiger partial charge in [-0.3, -0.25) is 0 Å². The van der Waals surface area contributed by atoms with Crippen LogP contribution in [0.5, 0.6) is 0 Å². The van der Waals surface area contributed by atoms with E-state index in [-0.39, 0.29) is 0 Å². The highest BCUT2D eigenvalue weighted by atomic mass is 14.9. The maximum Gasteiger partial charge on any atom is 0.0195 e. The predicted octanol–water partition coefficient (Wildman–Crippen LogP) is 15.2. The normalized spacial score (nSPS) is 13.9. The van der Waals surface area contributed by atoms with Crippen molar-refractivity contribution in [2.75, 3.05) is 19.6 Å². The van der Waals surface area contributed by atoms with Crippen LogP contribution < -0.4 is 16.0 Å². The molecule has 1 atom stereocenters. The van der Waals surface area contributed by atoms with Crippen LogP contribution in [0.2, 0.25) is 0 Å². The number of nitrogens with one attached hydrogen (secondary N) is 3. The van der Waals surface area contributed by atoms with Gasteiger partial charge in [0, 0.05) is 36.7 Å². The third kappa shape index (κ3) is 32.1. The van der Waals surface area contributed by atoms with Crippen LogP contribution in [-0.2, 0) is 0 Å². The van der Waals surface area contributed by atoms with Crippen molar-refractivity contribution in [3.63, 3.8) is 0 Å². The molecule has 0 saturated heterocycles. The summed E-state index contributed by atoms with van der Waals surface area (Å²) in [4.78, 5) is 0. The Hall–Kier alpha value is -1.38. The topological polar surface area (TPSA) is 36.1 Å². The summed E-state index contributed by atoms with van der Waals surface area (Å²) in [6.45, 7) is 51.9. The molecule has 0 bridgehead atoms. The van der Waals surface area contributed by atoms with Gasteiger partial charge in [0.15, 0.2) is 0 Å². The Morgan fingerprint density at radius 1 is 0.385 bits per heavy atom. The lowest BCUT2D eigenvalue weighted by atomic mass is 9.78. The van der Waals surface area contributed by atoms with E-state index in [1.165, 1.54) is 113 Å². The predicted molar refractivity (Wildman–Crippen MR) is 238 cm³/mol. The van der Waals surface area contributed by atoms with Crippen LogP contribution in [-0.4, -0.2) is 19.6 Å². The molecule has 3 nitrogen and oxygen atoms in total. The van der Waals surface area contributed by atoms with Gasteiger partial charge < -0.3 is 16.0 Å². The molecule has 0 aromatic rings. The minimum absolute atomic E-state index is 0.293. The molecular formula is C49H97N3. The fourth-order valence-corrected chi connectivity index (χ4v) is 6.59. The molecule has 0 aromatic carbocycles. The van der Waals surface area contributed by atoms with Crippen LogP contribution in [0.15, 0.2) is 36.8 Å². The minimum Gasteiger partial charge on any atom is -0.389 e. The first-order valence-electron chi connectivity index (χ1n) is 21.8. The zero-order chi connectivity index (χ0) is 40.3. The molecule has 0 spiro atoms. The molecule has 0 aliphatic carbocycles. The van der Waals surface area contributed by atoms with Crippen LogP contribution in [0.3, 0.4) is 0 Å². The Bertz CT molecular complexity index is 991. The van der Waals surface area contributed by atoms with Crippen molar-refractivity contribution in [2.45, 2.75) is 219 Å². The maximum atomic E-state index is 4.43. The van der Waals surface area contributed by atoms with Crippen molar-refractivity contribution in [3.05, 3.63) is 36.8 Å². The van der Waals surface area contributed by atoms with E-state index >= 15 is 0 Å². The van der Waals surface area contributed by atoms with Crippen molar-refractivity contribution >= 4 is 0 Å². The quantitative estimate of drug-likeness (QED) is 0.0645. The van der Waals surface area contributed by atoms with Crippen LogP contribution in [0, 0.1) is 38.4 Å². The summed E-state index contributed by atoms with van der Waals surface area (Å²) in [5.41, 5.74) is 5.83. The smallest absolute Gasteiger partial charge is 0.0195 e. The van der Waals surface area contributed by atoms with Gasteiger partial charge in [0.2, 0.25) is 0 Å². The average molecular weight is 728 g/mol. The number of hydrogen-bond donors (Lipinski definition) is 3. The Balaban J connectivity index is 4.82. The van der Waals surface area contributed by atoms with Crippen LogP contribution >= 0.6 is 0 Å². The molecule has 0 amide bonds. The molecule has 52 heavy (non-hydrogen) atoms. The molecule has 1 unspecified atom stereocenters. The van der Waals surface area contributed by atoms with Gasteiger partial charge in [-0.05, 0) is 122 Å². The number of hydrogen-bond acceptors (Lipinski definition) is 3. The Morgan fingerprint density at radius 3 is 1.10 bits per heavy atom.